The first-order chi connectivity index (χ1) is 9.72. The lowest BCUT2D eigenvalue weighted by Crippen LogP contribution is -2.11. The number of para-hydroxylation sites is 1. The van der Waals surface area contributed by atoms with Gasteiger partial charge < -0.3 is 15.2 Å². The van der Waals surface area contributed by atoms with Crippen LogP contribution >= 0.6 is 11.3 Å². The second-order valence-corrected chi connectivity index (χ2v) is 5.15. The Morgan fingerprint density at radius 3 is 2.85 bits per heavy atom. The topological polar surface area (TPSA) is 61.5 Å². The van der Waals surface area contributed by atoms with Gasteiger partial charge in [-0.3, -0.25) is 0 Å². The summed E-state index contributed by atoms with van der Waals surface area (Å²) in [5, 5.41) is 2.02. The number of carbonyl (C=O) groups excluding carboxylic acids is 1. The third kappa shape index (κ3) is 3.51. The van der Waals surface area contributed by atoms with Crippen LogP contribution in [0.1, 0.15) is 22.2 Å². The summed E-state index contributed by atoms with van der Waals surface area (Å²) in [5.74, 6) is -0.00608. The molecule has 2 aromatic rings. The van der Waals surface area contributed by atoms with Crippen molar-refractivity contribution in [2.45, 2.75) is 13.3 Å². The van der Waals surface area contributed by atoms with Crippen LogP contribution in [0, 0.1) is 0 Å². The molecule has 0 spiro atoms. The Hall–Kier alpha value is -2.01. The Bertz CT molecular complexity index is 567. The minimum absolute atomic E-state index is 0.322. The Kier molecular flexibility index (Phi) is 5.01. The second-order valence-electron chi connectivity index (χ2n) is 4.12. The van der Waals surface area contributed by atoms with Crippen LogP contribution in [-0.4, -0.2) is 19.2 Å². The Morgan fingerprint density at radius 2 is 2.15 bits per heavy atom. The molecule has 0 bridgehead atoms. The molecule has 0 aliphatic rings. The maximum absolute atomic E-state index is 11.9. The van der Waals surface area contributed by atoms with Crippen molar-refractivity contribution in [3.63, 3.8) is 0 Å². The molecular formula is C15H17NO3S. The largest absolute Gasteiger partial charge is 0.490 e. The predicted octanol–water partition coefficient (Wildman–Crippen LogP) is 3.13. The molecule has 0 aliphatic heterocycles. The minimum Gasteiger partial charge on any atom is -0.490 e. The number of anilines is 1. The van der Waals surface area contributed by atoms with E-state index in [1.165, 1.54) is 4.88 Å². The maximum Gasteiger partial charge on any atom is 0.341 e. The molecule has 2 N–H and O–H groups in total. The fraction of sp³-hybridized carbons (Fsp3) is 0.267. The van der Waals surface area contributed by atoms with E-state index in [9.17, 15) is 4.79 Å². The number of thiophene rings is 1. The van der Waals surface area contributed by atoms with Gasteiger partial charge in [-0.25, -0.2) is 4.79 Å². The molecule has 1 heterocycles. The fourth-order valence-electron chi connectivity index (χ4n) is 1.79. The highest BCUT2D eigenvalue weighted by molar-refractivity contribution is 7.09. The summed E-state index contributed by atoms with van der Waals surface area (Å²) in [6.07, 6.45) is 0.786. The van der Waals surface area contributed by atoms with Crippen molar-refractivity contribution in [1.82, 2.24) is 0 Å². The number of benzene rings is 1. The van der Waals surface area contributed by atoms with E-state index < -0.39 is 5.97 Å². The Morgan fingerprint density at radius 1 is 1.30 bits per heavy atom. The van der Waals surface area contributed by atoms with Crippen LogP contribution in [0.4, 0.5) is 5.69 Å². The summed E-state index contributed by atoms with van der Waals surface area (Å²) in [6, 6.07) is 9.14. The first kappa shape index (κ1) is 14.4. The van der Waals surface area contributed by atoms with Crippen molar-refractivity contribution in [3.05, 3.63) is 46.2 Å². The number of hydrogen-bond donors (Lipinski definition) is 1. The van der Waals surface area contributed by atoms with Gasteiger partial charge >= 0.3 is 5.97 Å². The predicted molar refractivity (Wildman–Crippen MR) is 80.3 cm³/mol. The first-order valence-corrected chi connectivity index (χ1v) is 7.31. The third-order valence-electron chi connectivity index (χ3n) is 2.72. The van der Waals surface area contributed by atoms with E-state index in [0.29, 0.717) is 30.2 Å². The van der Waals surface area contributed by atoms with Gasteiger partial charge in [0.1, 0.15) is 5.56 Å². The van der Waals surface area contributed by atoms with E-state index in [1.54, 1.807) is 36.5 Å². The number of ether oxygens (including phenoxy) is 2. The number of nitrogen functional groups attached to an aromatic ring is 1. The van der Waals surface area contributed by atoms with Gasteiger partial charge in [-0.1, -0.05) is 12.1 Å². The van der Waals surface area contributed by atoms with Gasteiger partial charge in [-0.15, -0.1) is 11.3 Å². The molecule has 0 saturated carbocycles. The highest BCUT2D eigenvalue weighted by Crippen LogP contribution is 2.27. The van der Waals surface area contributed by atoms with Gasteiger partial charge in [0, 0.05) is 11.3 Å². The number of nitrogens with two attached hydrogens (primary N) is 1. The zero-order chi connectivity index (χ0) is 14.4. The smallest absolute Gasteiger partial charge is 0.341 e. The van der Waals surface area contributed by atoms with E-state index in [4.69, 9.17) is 15.2 Å². The summed E-state index contributed by atoms with van der Waals surface area (Å²) in [4.78, 5) is 13.1. The molecule has 20 heavy (non-hydrogen) atoms. The van der Waals surface area contributed by atoms with Gasteiger partial charge in [-0.2, -0.15) is 0 Å². The summed E-state index contributed by atoms with van der Waals surface area (Å²) in [7, 11) is 0. The summed E-state index contributed by atoms with van der Waals surface area (Å²) >= 11 is 1.68. The monoisotopic (exact) mass is 291 g/mol. The fourth-order valence-corrected chi connectivity index (χ4v) is 2.48. The quantitative estimate of drug-likeness (QED) is 0.656. The minimum atomic E-state index is -0.411. The van der Waals surface area contributed by atoms with E-state index in [-0.39, 0.29) is 0 Å². The van der Waals surface area contributed by atoms with Crippen molar-refractivity contribution < 1.29 is 14.3 Å². The Balaban J connectivity index is 2.07. The van der Waals surface area contributed by atoms with Crippen molar-refractivity contribution in [2.75, 3.05) is 18.9 Å². The molecule has 1 aromatic heterocycles. The lowest BCUT2D eigenvalue weighted by atomic mass is 10.1. The van der Waals surface area contributed by atoms with Crippen LogP contribution in [0.25, 0.3) is 0 Å². The molecule has 0 aliphatic carbocycles. The molecule has 0 fully saturated rings. The van der Waals surface area contributed by atoms with Crippen LogP contribution in [0.3, 0.4) is 0 Å². The SMILES string of the molecule is CCOC(=O)c1cccc(N)c1OCCc1cccs1. The zero-order valence-electron chi connectivity index (χ0n) is 11.3. The summed E-state index contributed by atoms with van der Waals surface area (Å²) in [5.41, 5.74) is 6.70. The highest BCUT2D eigenvalue weighted by Gasteiger charge is 2.16. The molecule has 0 radical (unpaired) electrons. The molecule has 5 heteroatoms. The standard InChI is InChI=1S/C15H17NO3S/c1-2-18-15(17)12-6-3-7-13(16)14(12)19-9-8-11-5-4-10-20-11/h3-7,10H,2,8-9,16H2,1H3. The Labute approximate surface area is 122 Å². The number of rotatable bonds is 6. The molecule has 0 atom stereocenters. The van der Waals surface area contributed by atoms with E-state index in [0.717, 1.165) is 6.42 Å². The van der Waals surface area contributed by atoms with E-state index in [1.807, 2.05) is 11.4 Å². The van der Waals surface area contributed by atoms with Gasteiger partial charge in [0.25, 0.3) is 0 Å². The molecule has 0 unspecified atom stereocenters. The lowest BCUT2D eigenvalue weighted by Gasteiger charge is -2.12. The molecular weight excluding hydrogens is 274 g/mol. The number of esters is 1. The zero-order valence-corrected chi connectivity index (χ0v) is 12.1. The summed E-state index contributed by atoms with van der Waals surface area (Å²) < 4.78 is 10.7. The van der Waals surface area contributed by atoms with E-state index in [2.05, 4.69) is 6.07 Å². The number of hydrogen-bond acceptors (Lipinski definition) is 5. The highest BCUT2D eigenvalue weighted by atomic mass is 32.1. The van der Waals surface area contributed by atoms with Crippen LogP contribution in [-0.2, 0) is 11.2 Å². The maximum atomic E-state index is 11.9. The van der Waals surface area contributed by atoms with Crippen molar-refractivity contribution in [1.29, 1.82) is 0 Å². The average Bonchev–Trinajstić information content (AvgIpc) is 2.94. The lowest BCUT2D eigenvalue weighted by molar-refractivity contribution is 0.0522. The van der Waals surface area contributed by atoms with Crippen LogP contribution < -0.4 is 10.5 Å². The molecule has 2 rings (SSSR count). The second kappa shape index (κ2) is 6.96. The van der Waals surface area contributed by atoms with Crippen LogP contribution in [0.15, 0.2) is 35.7 Å². The molecule has 1 aromatic carbocycles. The first-order valence-electron chi connectivity index (χ1n) is 6.43. The molecule has 0 saturated heterocycles. The van der Waals surface area contributed by atoms with E-state index >= 15 is 0 Å². The van der Waals surface area contributed by atoms with Crippen LogP contribution in [0.5, 0.6) is 5.75 Å². The summed E-state index contributed by atoms with van der Waals surface area (Å²) in [6.45, 7) is 2.56. The molecule has 106 valence electrons. The average molecular weight is 291 g/mol. The van der Waals surface area contributed by atoms with Crippen molar-refractivity contribution >= 4 is 23.0 Å². The van der Waals surface area contributed by atoms with Gasteiger partial charge in [0.2, 0.25) is 0 Å². The van der Waals surface area contributed by atoms with Crippen molar-refractivity contribution in [2.24, 2.45) is 0 Å². The third-order valence-corrected chi connectivity index (χ3v) is 3.65. The van der Waals surface area contributed by atoms with Crippen LogP contribution in [0.2, 0.25) is 0 Å². The van der Waals surface area contributed by atoms with Gasteiger partial charge in [-0.05, 0) is 30.5 Å². The molecule has 4 nitrogen and oxygen atoms in total. The molecule has 0 amide bonds. The number of carbonyl (C=O) groups is 1. The van der Waals surface area contributed by atoms with Gasteiger partial charge in [0.05, 0.1) is 18.9 Å². The normalized spacial score (nSPS) is 10.2. The van der Waals surface area contributed by atoms with Gasteiger partial charge in [0.15, 0.2) is 5.75 Å². The van der Waals surface area contributed by atoms with Crippen molar-refractivity contribution in [3.8, 4) is 5.75 Å².